The molecule has 0 aliphatic carbocycles. The summed E-state index contributed by atoms with van der Waals surface area (Å²) in [4.78, 5) is 27.2. The molecule has 2 aromatic rings. The quantitative estimate of drug-likeness (QED) is 0.736. The van der Waals surface area contributed by atoms with Gasteiger partial charge in [-0.2, -0.15) is 0 Å². The highest BCUT2D eigenvalue weighted by atomic mass is 16.6. The van der Waals surface area contributed by atoms with Gasteiger partial charge in [-0.05, 0) is 59.6 Å². The molecule has 0 bridgehead atoms. The summed E-state index contributed by atoms with van der Waals surface area (Å²) in [5.41, 5.74) is 5.30. The molecule has 2 aliphatic rings. The average Bonchev–Trinajstić information content (AvgIpc) is 2.73. The first kappa shape index (κ1) is 23.5. The van der Waals surface area contributed by atoms with Crippen LogP contribution in [-0.4, -0.2) is 58.3 Å². The highest BCUT2D eigenvalue weighted by Crippen LogP contribution is 2.33. The minimum Gasteiger partial charge on any atom is -0.444 e. The van der Waals surface area contributed by atoms with E-state index in [4.69, 9.17) is 14.7 Å². The molecule has 178 valence electrons. The smallest absolute Gasteiger partial charge is 0.410 e. The lowest BCUT2D eigenvalue weighted by Gasteiger charge is -2.45. The van der Waals surface area contributed by atoms with Gasteiger partial charge in [0.1, 0.15) is 11.4 Å². The van der Waals surface area contributed by atoms with Crippen LogP contribution in [0.15, 0.2) is 18.2 Å². The Bertz CT molecular complexity index is 1030. The lowest BCUT2D eigenvalue weighted by molar-refractivity contribution is 0.0129. The van der Waals surface area contributed by atoms with Crippen molar-refractivity contribution in [2.24, 2.45) is 0 Å². The molecule has 7 heteroatoms. The number of piperazine rings is 1. The molecule has 1 aromatic carbocycles. The van der Waals surface area contributed by atoms with Gasteiger partial charge >= 0.3 is 6.09 Å². The topological polar surface area (TPSA) is 70.6 Å². The minimum absolute atomic E-state index is 0.0156. The molecule has 33 heavy (non-hydrogen) atoms. The van der Waals surface area contributed by atoms with Crippen LogP contribution < -0.4 is 10.2 Å². The number of carbonyl (C=O) groups is 1. The van der Waals surface area contributed by atoms with E-state index in [2.05, 4.69) is 56.1 Å². The second-order valence-corrected chi connectivity index (χ2v) is 10.5. The summed E-state index contributed by atoms with van der Waals surface area (Å²) in [6.07, 6.45) is 0.647. The molecule has 1 saturated heterocycles. The fourth-order valence-electron chi connectivity index (χ4n) is 4.84. The maximum Gasteiger partial charge on any atom is 0.410 e. The van der Waals surface area contributed by atoms with E-state index >= 15 is 0 Å². The average molecular weight is 452 g/mol. The number of carbonyl (C=O) groups excluding carboxylic acids is 1. The van der Waals surface area contributed by atoms with Crippen LogP contribution in [0.5, 0.6) is 0 Å². The van der Waals surface area contributed by atoms with Crippen LogP contribution in [0.25, 0.3) is 11.4 Å². The first-order valence-electron chi connectivity index (χ1n) is 12.0. The lowest BCUT2D eigenvalue weighted by Crippen LogP contribution is -2.59. The van der Waals surface area contributed by atoms with Crippen LogP contribution in [0.3, 0.4) is 0 Å². The number of hydrogen-bond donors (Lipinski definition) is 1. The summed E-state index contributed by atoms with van der Waals surface area (Å²) in [5, 5.41) is 3.49. The lowest BCUT2D eigenvalue weighted by atomic mass is 10.00. The molecule has 4 rings (SSSR count). The number of amides is 1. The zero-order valence-corrected chi connectivity index (χ0v) is 21.0. The van der Waals surface area contributed by atoms with Gasteiger partial charge in [-0.15, -0.1) is 0 Å². The van der Waals surface area contributed by atoms with Gasteiger partial charge in [0.15, 0.2) is 5.82 Å². The van der Waals surface area contributed by atoms with Crippen molar-refractivity contribution < 1.29 is 9.53 Å². The maximum atomic E-state index is 12.8. The summed E-state index contributed by atoms with van der Waals surface area (Å²) in [5.74, 6) is 1.80. The Morgan fingerprint density at radius 3 is 2.45 bits per heavy atom. The molecule has 2 aliphatic heterocycles. The van der Waals surface area contributed by atoms with Crippen LogP contribution in [-0.2, 0) is 17.7 Å². The van der Waals surface area contributed by atoms with Gasteiger partial charge in [0.05, 0.1) is 5.69 Å². The van der Waals surface area contributed by atoms with Crippen LogP contribution >= 0.6 is 0 Å². The number of anilines is 1. The largest absolute Gasteiger partial charge is 0.444 e. The van der Waals surface area contributed by atoms with Crippen molar-refractivity contribution in [3.05, 3.63) is 40.6 Å². The van der Waals surface area contributed by atoms with Crippen molar-refractivity contribution in [3.8, 4) is 11.4 Å². The normalized spacial score (nSPS) is 21.1. The van der Waals surface area contributed by atoms with Gasteiger partial charge < -0.3 is 19.9 Å². The van der Waals surface area contributed by atoms with Gasteiger partial charge in [-0.1, -0.05) is 18.2 Å². The Labute approximate surface area is 197 Å². The maximum absolute atomic E-state index is 12.8. The minimum atomic E-state index is -0.505. The molecule has 3 heterocycles. The van der Waals surface area contributed by atoms with E-state index in [0.29, 0.717) is 13.1 Å². The predicted octanol–water partition coefficient (Wildman–Crippen LogP) is 4.24. The Morgan fingerprint density at radius 1 is 1.09 bits per heavy atom. The second-order valence-electron chi connectivity index (χ2n) is 10.5. The molecule has 7 nitrogen and oxygen atoms in total. The van der Waals surface area contributed by atoms with Crippen molar-refractivity contribution in [1.82, 2.24) is 20.2 Å². The molecule has 0 unspecified atom stereocenters. The SMILES string of the molecule is Cc1cccc(C)c1-c1nc2c(c(N3C[C@@H](C)N(C(=O)OC(C)(C)C)C[C@@H]3C)n1)CNCC2. The fraction of sp³-hybridized carbons (Fsp3) is 0.577. The third-order valence-electron chi connectivity index (χ3n) is 6.50. The molecule has 0 radical (unpaired) electrons. The molecule has 0 saturated carbocycles. The van der Waals surface area contributed by atoms with Gasteiger partial charge in [-0.25, -0.2) is 14.8 Å². The molecule has 2 atom stereocenters. The summed E-state index contributed by atoms with van der Waals surface area (Å²) >= 11 is 0. The van der Waals surface area contributed by atoms with E-state index in [1.54, 1.807) is 0 Å². The van der Waals surface area contributed by atoms with Gasteiger partial charge in [0.2, 0.25) is 0 Å². The Morgan fingerprint density at radius 2 is 1.79 bits per heavy atom. The van der Waals surface area contributed by atoms with Gasteiger partial charge in [0, 0.05) is 55.8 Å². The molecule has 1 aromatic heterocycles. The van der Waals surface area contributed by atoms with Crippen molar-refractivity contribution in [2.75, 3.05) is 24.5 Å². The summed E-state index contributed by atoms with van der Waals surface area (Å²) < 4.78 is 5.66. The van der Waals surface area contributed by atoms with E-state index in [1.165, 1.54) is 16.7 Å². The standard InChI is InChI=1S/C26H37N5O2/c1-16-9-8-10-17(2)22(16)23-28-21-11-12-27-13-20(21)24(29-23)30-14-19(4)31(15-18(30)3)25(32)33-26(5,6)7/h8-10,18-19,27H,11-15H2,1-7H3/t18-,19+/m0/s1. The van der Waals surface area contributed by atoms with Crippen molar-refractivity contribution in [1.29, 1.82) is 0 Å². The number of rotatable bonds is 2. The monoisotopic (exact) mass is 451 g/mol. The molecular formula is C26H37N5O2. The molecule has 1 N–H and O–H groups in total. The van der Waals surface area contributed by atoms with E-state index in [0.717, 1.165) is 42.4 Å². The van der Waals surface area contributed by atoms with E-state index in [1.807, 2.05) is 25.7 Å². The van der Waals surface area contributed by atoms with Gasteiger partial charge in [0.25, 0.3) is 0 Å². The molecule has 1 amide bonds. The predicted molar refractivity (Wildman–Crippen MR) is 132 cm³/mol. The zero-order valence-electron chi connectivity index (χ0n) is 21.0. The summed E-state index contributed by atoms with van der Waals surface area (Å²) in [6.45, 7) is 17.2. The zero-order chi connectivity index (χ0) is 23.9. The first-order valence-corrected chi connectivity index (χ1v) is 12.0. The Kier molecular flexibility index (Phi) is 6.36. The number of aryl methyl sites for hydroxylation is 2. The number of nitrogens with one attached hydrogen (secondary N) is 1. The summed E-state index contributed by atoms with van der Waals surface area (Å²) in [7, 11) is 0. The van der Waals surface area contributed by atoms with Crippen LogP contribution in [0.2, 0.25) is 0 Å². The number of ether oxygens (including phenoxy) is 1. The van der Waals surface area contributed by atoms with Crippen LogP contribution in [0, 0.1) is 13.8 Å². The molecule has 1 fully saturated rings. The fourth-order valence-corrected chi connectivity index (χ4v) is 4.84. The number of aromatic nitrogens is 2. The Hall–Kier alpha value is -2.67. The highest BCUT2D eigenvalue weighted by Gasteiger charge is 2.36. The number of hydrogen-bond acceptors (Lipinski definition) is 6. The highest BCUT2D eigenvalue weighted by molar-refractivity contribution is 5.70. The van der Waals surface area contributed by atoms with Gasteiger partial charge in [-0.3, -0.25) is 0 Å². The molecular weight excluding hydrogens is 414 g/mol. The van der Waals surface area contributed by atoms with E-state index in [-0.39, 0.29) is 18.2 Å². The van der Waals surface area contributed by atoms with Crippen molar-refractivity contribution in [3.63, 3.8) is 0 Å². The van der Waals surface area contributed by atoms with Crippen LogP contribution in [0.4, 0.5) is 10.6 Å². The third kappa shape index (κ3) is 4.83. The van der Waals surface area contributed by atoms with E-state index < -0.39 is 5.60 Å². The number of benzene rings is 1. The second kappa shape index (κ2) is 8.93. The Balaban J connectivity index is 1.71. The van der Waals surface area contributed by atoms with Crippen LogP contribution in [0.1, 0.15) is 57.0 Å². The summed E-state index contributed by atoms with van der Waals surface area (Å²) in [6, 6.07) is 6.45. The molecule has 0 spiro atoms. The third-order valence-corrected chi connectivity index (χ3v) is 6.50. The number of nitrogens with zero attached hydrogens (tertiary/aromatic N) is 4. The number of fused-ring (bicyclic) bond motifs is 1. The van der Waals surface area contributed by atoms with Crippen molar-refractivity contribution >= 4 is 11.9 Å². The first-order chi connectivity index (χ1) is 15.5. The van der Waals surface area contributed by atoms with Crippen molar-refractivity contribution in [2.45, 2.75) is 79.1 Å². The van der Waals surface area contributed by atoms with E-state index in [9.17, 15) is 4.79 Å².